The third-order valence-corrected chi connectivity index (χ3v) is 3.66. The van der Waals surface area contributed by atoms with Gasteiger partial charge < -0.3 is 18.9 Å². The Bertz CT molecular complexity index is 268. The lowest BCUT2D eigenvalue weighted by Crippen LogP contribution is -2.10. The van der Waals surface area contributed by atoms with Crippen LogP contribution in [0.1, 0.15) is 65.2 Å². The lowest BCUT2D eigenvalue weighted by atomic mass is 10.0. The summed E-state index contributed by atoms with van der Waals surface area (Å²) >= 11 is 0. The molecule has 0 aliphatic rings. The normalized spacial score (nSPS) is 11.2. The molecule has 0 rings (SSSR count). The van der Waals surface area contributed by atoms with E-state index in [0.29, 0.717) is 52.5 Å². The number of ether oxygens (including phenoxy) is 4. The van der Waals surface area contributed by atoms with E-state index in [1.54, 1.807) is 7.11 Å². The van der Waals surface area contributed by atoms with Crippen molar-refractivity contribution in [2.24, 2.45) is 5.92 Å². The van der Waals surface area contributed by atoms with E-state index in [4.69, 9.17) is 18.9 Å². The molecule has 0 atom stereocenters. The SMILES string of the molecule is COCCOCCOCCCC(=O)OCCCCCCCC(C)C. The Kier molecular flexibility index (Phi) is 18.2. The Balaban J connectivity index is 3.16. The summed E-state index contributed by atoms with van der Waals surface area (Å²) in [5.74, 6) is 0.688. The fourth-order valence-corrected chi connectivity index (χ4v) is 2.23. The van der Waals surface area contributed by atoms with Crippen LogP contribution in [-0.4, -0.2) is 52.7 Å². The smallest absolute Gasteiger partial charge is 0.305 e. The zero-order valence-electron chi connectivity index (χ0n) is 16.0. The molecule has 0 bridgehead atoms. The second-order valence-electron chi connectivity index (χ2n) is 6.49. The number of hydrogen-bond acceptors (Lipinski definition) is 5. The van der Waals surface area contributed by atoms with Gasteiger partial charge in [-0.3, -0.25) is 4.79 Å². The van der Waals surface area contributed by atoms with Crippen LogP contribution < -0.4 is 0 Å². The van der Waals surface area contributed by atoms with Crippen molar-refractivity contribution in [2.45, 2.75) is 65.2 Å². The van der Waals surface area contributed by atoms with Crippen LogP contribution in [0.2, 0.25) is 0 Å². The van der Waals surface area contributed by atoms with Crippen LogP contribution in [0.25, 0.3) is 0 Å². The molecule has 0 N–H and O–H groups in total. The van der Waals surface area contributed by atoms with Gasteiger partial charge >= 0.3 is 5.97 Å². The molecule has 0 aliphatic carbocycles. The minimum atomic E-state index is -0.116. The minimum absolute atomic E-state index is 0.116. The van der Waals surface area contributed by atoms with Crippen LogP contribution in [0.5, 0.6) is 0 Å². The van der Waals surface area contributed by atoms with Gasteiger partial charge in [0.15, 0.2) is 0 Å². The molecule has 0 unspecified atom stereocenters. The van der Waals surface area contributed by atoms with Crippen molar-refractivity contribution < 1.29 is 23.7 Å². The van der Waals surface area contributed by atoms with Crippen LogP contribution in [0.4, 0.5) is 0 Å². The molecule has 0 radical (unpaired) electrons. The maximum atomic E-state index is 11.5. The van der Waals surface area contributed by atoms with Gasteiger partial charge in [0.2, 0.25) is 0 Å². The predicted octanol–water partition coefficient (Wildman–Crippen LogP) is 3.99. The second-order valence-corrected chi connectivity index (χ2v) is 6.49. The molecule has 0 saturated carbocycles. The van der Waals surface area contributed by atoms with Gasteiger partial charge in [-0.1, -0.05) is 46.0 Å². The molecule has 0 fully saturated rings. The Morgan fingerprint density at radius 3 is 2.08 bits per heavy atom. The van der Waals surface area contributed by atoms with E-state index in [-0.39, 0.29) is 5.97 Å². The van der Waals surface area contributed by atoms with E-state index >= 15 is 0 Å². The molecule has 0 spiro atoms. The zero-order chi connectivity index (χ0) is 17.9. The molecule has 0 aromatic carbocycles. The van der Waals surface area contributed by atoms with Gasteiger partial charge in [-0.05, 0) is 18.8 Å². The van der Waals surface area contributed by atoms with Gasteiger partial charge in [0.05, 0.1) is 33.0 Å². The quantitative estimate of drug-likeness (QED) is 0.277. The molecule has 0 saturated heterocycles. The number of carbonyl (C=O) groups is 1. The van der Waals surface area contributed by atoms with Crippen LogP contribution in [0.15, 0.2) is 0 Å². The van der Waals surface area contributed by atoms with Gasteiger partial charge in [-0.2, -0.15) is 0 Å². The molecular weight excluding hydrogens is 308 g/mol. The predicted molar refractivity (Wildman–Crippen MR) is 96.2 cm³/mol. The van der Waals surface area contributed by atoms with E-state index in [0.717, 1.165) is 18.8 Å². The van der Waals surface area contributed by atoms with Crippen LogP contribution in [0.3, 0.4) is 0 Å². The summed E-state index contributed by atoms with van der Waals surface area (Å²) in [6, 6.07) is 0. The minimum Gasteiger partial charge on any atom is -0.466 e. The monoisotopic (exact) mass is 346 g/mol. The molecule has 0 aromatic rings. The van der Waals surface area contributed by atoms with Gasteiger partial charge in [-0.25, -0.2) is 0 Å². The summed E-state index contributed by atoms with van der Waals surface area (Å²) < 4.78 is 20.8. The van der Waals surface area contributed by atoms with Crippen molar-refractivity contribution in [2.75, 3.05) is 46.8 Å². The molecule has 24 heavy (non-hydrogen) atoms. The largest absolute Gasteiger partial charge is 0.466 e. The molecular formula is C19H38O5. The summed E-state index contributed by atoms with van der Waals surface area (Å²) in [6.45, 7) is 7.95. The number of unbranched alkanes of at least 4 members (excludes halogenated alkanes) is 4. The van der Waals surface area contributed by atoms with Crippen LogP contribution in [0, 0.1) is 5.92 Å². The molecule has 5 nitrogen and oxygen atoms in total. The standard InChI is InChI=1S/C19H38O5/c1-18(2)10-7-5-4-6-8-13-24-19(20)11-9-12-22-16-17-23-15-14-21-3/h18H,4-17H2,1-3H3. The number of esters is 1. The first-order valence-corrected chi connectivity index (χ1v) is 9.47. The molecule has 5 heteroatoms. The molecule has 144 valence electrons. The Labute approximate surface area is 148 Å². The summed E-state index contributed by atoms with van der Waals surface area (Å²) in [5, 5.41) is 0. The van der Waals surface area contributed by atoms with Crippen molar-refractivity contribution in [1.29, 1.82) is 0 Å². The molecule has 0 aromatic heterocycles. The fourth-order valence-electron chi connectivity index (χ4n) is 2.23. The first-order valence-electron chi connectivity index (χ1n) is 9.47. The van der Waals surface area contributed by atoms with Gasteiger partial charge in [0.25, 0.3) is 0 Å². The number of carbonyl (C=O) groups excluding carboxylic acids is 1. The van der Waals surface area contributed by atoms with E-state index in [1.165, 1.54) is 25.7 Å². The van der Waals surface area contributed by atoms with Crippen molar-refractivity contribution in [3.8, 4) is 0 Å². The van der Waals surface area contributed by atoms with Crippen molar-refractivity contribution in [1.82, 2.24) is 0 Å². The van der Waals surface area contributed by atoms with Gasteiger partial charge in [0.1, 0.15) is 0 Å². The Morgan fingerprint density at radius 1 is 0.750 bits per heavy atom. The van der Waals surface area contributed by atoms with Crippen LogP contribution in [-0.2, 0) is 23.7 Å². The van der Waals surface area contributed by atoms with E-state index < -0.39 is 0 Å². The first-order chi connectivity index (χ1) is 11.7. The summed E-state index contributed by atoms with van der Waals surface area (Å²) in [7, 11) is 1.65. The Hall–Kier alpha value is -0.650. The Morgan fingerprint density at radius 2 is 1.38 bits per heavy atom. The third-order valence-electron chi connectivity index (χ3n) is 3.66. The molecule has 0 heterocycles. The van der Waals surface area contributed by atoms with Crippen molar-refractivity contribution >= 4 is 5.97 Å². The highest BCUT2D eigenvalue weighted by Crippen LogP contribution is 2.10. The molecule has 0 aliphatic heterocycles. The lowest BCUT2D eigenvalue weighted by Gasteiger charge is -2.07. The maximum absolute atomic E-state index is 11.5. The second kappa shape index (κ2) is 18.7. The zero-order valence-corrected chi connectivity index (χ0v) is 16.0. The number of hydrogen-bond donors (Lipinski definition) is 0. The average Bonchev–Trinajstić information content (AvgIpc) is 2.55. The number of methoxy groups -OCH3 is 1. The number of rotatable bonds is 18. The summed E-state index contributed by atoms with van der Waals surface area (Å²) in [6.07, 6.45) is 8.42. The van der Waals surface area contributed by atoms with Crippen molar-refractivity contribution in [3.05, 3.63) is 0 Å². The maximum Gasteiger partial charge on any atom is 0.305 e. The van der Waals surface area contributed by atoms with E-state index in [9.17, 15) is 4.79 Å². The van der Waals surface area contributed by atoms with E-state index in [2.05, 4.69) is 13.8 Å². The topological polar surface area (TPSA) is 54.0 Å². The average molecular weight is 347 g/mol. The van der Waals surface area contributed by atoms with Gasteiger partial charge in [0, 0.05) is 20.1 Å². The highest BCUT2D eigenvalue weighted by molar-refractivity contribution is 5.69. The van der Waals surface area contributed by atoms with E-state index in [1.807, 2.05) is 0 Å². The highest BCUT2D eigenvalue weighted by Gasteiger charge is 2.02. The van der Waals surface area contributed by atoms with Crippen molar-refractivity contribution in [3.63, 3.8) is 0 Å². The fraction of sp³-hybridized carbons (Fsp3) is 0.947. The third kappa shape index (κ3) is 19.4. The summed E-state index contributed by atoms with van der Waals surface area (Å²) in [4.78, 5) is 11.5. The first kappa shape index (κ1) is 23.4. The lowest BCUT2D eigenvalue weighted by molar-refractivity contribution is -0.144. The highest BCUT2D eigenvalue weighted by atomic mass is 16.5. The van der Waals surface area contributed by atoms with Crippen LogP contribution >= 0.6 is 0 Å². The molecule has 0 amide bonds. The summed E-state index contributed by atoms with van der Waals surface area (Å²) in [5.41, 5.74) is 0. The van der Waals surface area contributed by atoms with Gasteiger partial charge in [-0.15, -0.1) is 0 Å².